The summed E-state index contributed by atoms with van der Waals surface area (Å²) >= 11 is 0. The smallest absolute Gasteiger partial charge is 0.363 e. The number of nitrogens with one attached hydrogen (secondary N) is 1. The maximum Gasteiger partial charge on any atom is 0.363 e. The van der Waals surface area contributed by atoms with Crippen LogP contribution in [0.5, 0.6) is 11.5 Å². The summed E-state index contributed by atoms with van der Waals surface area (Å²) in [6.45, 7) is 1.66. The van der Waals surface area contributed by atoms with Crippen molar-refractivity contribution >= 4 is 11.6 Å². The van der Waals surface area contributed by atoms with Gasteiger partial charge >= 0.3 is 5.82 Å². The maximum atomic E-state index is 10.6. The molecule has 7 nitrogen and oxygen atoms in total. The van der Waals surface area contributed by atoms with Gasteiger partial charge in [-0.1, -0.05) is 0 Å². The Kier molecular flexibility index (Phi) is 3.56. The number of pyridine rings is 2. The lowest BCUT2D eigenvalue weighted by molar-refractivity contribution is -0.389. The van der Waals surface area contributed by atoms with E-state index in [0.717, 1.165) is 0 Å². The first-order valence-electron chi connectivity index (χ1n) is 5.54. The minimum atomic E-state index is -0.539. The molecular weight excluding hydrogens is 248 g/mol. The van der Waals surface area contributed by atoms with Crippen molar-refractivity contribution in [2.75, 3.05) is 12.4 Å². The fourth-order valence-electron chi connectivity index (χ4n) is 1.48. The highest BCUT2D eigenvalue weighted by molar-refractivity contribution is 5.43. The van der Waals surface area contributed by atoms with Crippen LogP contribution in [0, 0.1) is 17.0 Å². The van der Waals surface area contributed by atoms with E-state index in [1.165, 1.54) is 12.1 Å². The van der Waals surface area contributed by atoms with E-state index in [9.17, 15) is 10.1 Å². The summed E-state index contributed by atoms with van der Waals surface area (Å²) in [6.07, 6.45) is 1.61. The molecule has 0 saturated heterocycles. The van der Waals surface area contributed by atoms with Crippen molar-refractivity contribution in [1.29, 1.82) is 0 Å². The van der Waals surface area contributed by atoms with Crippen molar-refractivity contribution in [1.82, 2.24) is 9.97 Å². The minimum Gasteiger partial charge on any atom is -0.453 e. The number of hydrogen-bond donors (Lipinski definition) is 1. The molecule has 0 saturated carbocycles. The molecule has 1 N–H and O–H groups in total. The molecule has 98 valence electrons. The van der Waals surface area contributed by atoms with Gasteiger partial charge in [0.2, 0.25) is 0 Å². The Morgan fingerprint density at radius 2 is 2.16 bits per heavy atom. The highest BCUT2D eigenvalue weighted by Crippen LogP contribution is 2.26. The molecule has 2 aromatic rings. The minimum absolute atomic E-state index is 0.199. The molecule has 0 aliphatic rings. The molecule has 0 aliphatic carbocycles. The molecule has 0 aliphatic heterocycles. The van der Waals surface area contributed by atoms with Crippen LogP contribution < -0.4 is 10.1 Å². The van der Waals surface area contributed by atoms with Crippen LogP contribution in [0.25, 0.3) is 0 Å². The van der Waals surface area contributed by atoms with Crippen LogP contribution in [0.4, 0.5) is 11.6 Å². The van der Waals surface area contributed by atoms with Gasteiger partial charge in [0.25, 0.3) is 0 Å². The molecule has 0 unspecified atom stereocenters. The van der Waals surface area contributed by atoms with Crippen LogP contribution >= 0.6 is 0 Å². The first kappa shape index (κ1) is 12.7. The summed E-state index contributed by atoms with van der Waals surface area (Å²) in [7, 11) is 1.75. The summed E-state index contributed by atoms with van der Waals surface area (Å²) in [5.74, 6) is 1.53. The Hall–Kier alpha value is -2.70. The van der Waals surface area contributed by atoms with Gasteiger partial charge in [-0.3, -0.25) is 0 Å². The van der Waals surface area contributed by atoms with E-state index in [2.05, 4.69) is 15.3 Å². The number of nitro groups is 1. The van der Waals surface area contributed by atoms with Crippen LogP contribution in [-0.4, -0.2) is 21.9 Å². The maximum absolute atomic E-state index is 10.6. The van der Waals surface area contributed by atoms with Crippen molar-refractivity contribution in [3.8, 4) is 11.5 Å². The van der Waals surface area contributed by atoms with Crippen LogP contribution in [0.1, 0.15) is 5.69 Å². The lowest BCUT2D eigenvalue weighted by Gasteiger charge is -2.07. The zero-order valence-electron chi connectivity index (χ0n) is 10.5. The van der Waals surface area contributed by atoms with Gasteiger partial charge in [0.15, 0.2) is 11.4 Å². The predicted octanol–water partition coefficient (Wildman–Crippen LogP) is 2.53. The Morgan fingerprint density at radius 1 is 1.37 bits per heavy atom. The topological polar surface area (TPSA) is 90.2 Å². The first-order valence-corrected chi connectivity index (χ1v) is 5.54. The number of aryl methyl sites for hydroxylation is 1. The summed E-state index contributed by atoms with van der Waals surface area (Å²) in [6, 6.07) is 6.25. The molecule has 19 heavy (non-hydrogen) atoms. The molecule has 7 heteroatoms. The van der Waals surface area contributed by atoms with Gasteiger partial charge in [-0.05, 0) is 22.0 Å². The largest absolute Gasteiger partial charge is 0.453 e. The molecule has 2 rings (SSSR count). The molecule has 0 radical (unpaired) electrons. The van der Waals surface area contributed by atoms with Gasteiger partial charge in [0, 0.05) is 32.3 Å². The second-order valence-electron chi connectivity index (χ2n) is 3.74. The molecule has 2 heterocycles. The van der Waals surface area contributed by atoms with Crippen LogP contribution in [0.2, 0.25) is 0 Å². The Labute approximate surface area is 109 Å². The predicted molar refractivity (Wildman–Crippen MR) is 69.5 cm³/mol. The molecule has 0 atom stereocenters. The first-order chi connectivity index (χ1) is 9.10. The normalized spacial score (nSPS) is 10.0. The average Bonchev–Trinajstić information content (AvgIpc) is 2.41. The number of hydrogen-bond acceptors (Lipinski definition) is 6. The van der Waals surface area contributed by atoms with E-state index in [1.54, 1.807) is 32.3 Å². The van der Waals surface area contributed by atoms with Gasteiger partial charge < -0.3 is 20.2 Å². The van der Waals surface area contributed by atoms with Crippen LogP contribution in [-0.2, 0) is 0 Å². The summed E-state index contributed by atoms with van der Waals surface area (Å²) < 4.78 is 5.62. The standard InChI is InChI=1S/C12H12N4O3/c1-8-10(3-4-12(15-8)16(17)18)19-9-5-6-14-11(7-9)13-2/h3-7H,1-2H3,(H,13,14). The third-order valence-electron chi connectivity index (χ3n) is 2.43. The van der Waals surface area contributed by atoms with E-state index < -0.39 is 4.92 Å². The third kappa shape index (κ3) is 2.95. The van der Waals surface area contributed by atoms with Crippen molar-refractivity contribution < 1.29 is 9.66 Å². The number of nitrogens with zero attached hydrogens (tertiary/aromatic N) is 3. The van der Waals surface area contributed by atoms with Crippen LogP contribution in [0.3, 0.4) is 0 Å². The average molecular weight is 260 g/mol. The summed E-state index contributed by atoms with van der Waals surface area (Å²) in [5, 5.41) is 13.5. The fraction of sp³-hybridized carbons (Fsp3) is 0.167. The summed E-state index contributed by atoms with van der Waals surface area (Å²) in [5.41, 5.74) is 0.456. The molecule has 0 bridgehead atoms. The van der Waals surface area contributed by atoms with Crippen LogP contribution in [0.15, 0.2) is 30.5 Å². The quantitative estimate of drug-likeness (QED) is 0.671. The van der Waals surface area contributed by atoms with E-state index in [0.29, 0.717) is 23.0 Å². The summed E-state index contributed by atoms with van der Waals surface area (Å²) in [4.78, 5) is 18.0. The lowest BCUT2D eigenvalue weighted by atomic mass is 10.3. The monoisotopic (exact) mass is 260 g/mol. The number of anilines is 1. The lowest BCUT2D eigenvalue weighted by Crippen LogP contribution is -1.97. The number of rotatable bonds is 4. The Bertz CT molecular complexity index is 616. The molecule has 0 fully saturated rings. The van der Waals surface area contributed by atoms with Gasteiger partial charge in [0.05, 0.1) is 0 Å². The molecule has 0 aromatic carbocycles. The number of ether oxygens (including phenoxy) is 1. The van der Waals surface area contributed by atoms with Crippen molar-refractivity contribution in [3.63, 3.8) is 0 Å². The zero-order valence-corrected chi connectivity index (χ0v) is 10.5. The second kappa shape index (κ2) is 5.30. The second-order valence-corrected chi connectivity index (χ2v) is 3.74. The third-order valence-corrected chi connectivity index (χ3v) is 2.43. The Morgan fingerprint density at radius 3 is 2.79 bits per heavy atom. The van der Waals surface area contributed by atoms with Crippen molar-refractivity contribution in [2.45, 2.75) is 6.92 Å². The van der Waals surface area contributed by atoms with Crippen molar-refractivity contribution in [2.24, 2.45) is 0 Å². The van der Waals surface area contributed by atoms with E-state index >= 15 is 0 Å². The fourth-order valence-corrected chi connectivity index (χ4v) is 1.48. The van der Waals surface area contributed by atoms with Gasteiger partial charge in [-0.15, -0.1) is 0 Å². The molecule has 0 amide bonds. The number of aromatic nitrogens is 2. The van der Waals surface area contributed by atoms with E-state index in [4.69, 9.17) is 4.74 Å². The van der Waals surface area contributed by atoms with Gasteiger partial charge in [0.1, 0.15) is 11.6 Å². The molecular formula is C12H12N4O3. The zero-order chi connectivity index (χ0) is 13.8. The van der Waals surface area contributed by atoms with Gasteiger partial charge in [-0.25, -0.2) is 4.98 Å². The molecule has 2 aromatic heterocycles. The SMILES string of the molecule is CNc1cc(Oc2ccc([N+](=O)[O-])nc2C)ccn1. The highest BCUT2D eigenvalue weighted by Gasteiger charge is 2.13. The van der Waals surface area contributed by atoms with Gasteiger partial charge in [-0.2, -0.15) is 0 Å². The van der Waals surface area contributed by atoms with Crippen molar-refractivity contribution in [3.05, 3.63) is 46.3 Å². The highest BCUT2D eigenvalue weighted by atomic mass is 16.6. The van der Waals surface area contributed by atoms with E-state index in [1.807, 2.05) is 0 Å². The van der Waals surface area contributed by atoms with E-state index in [-0.39, 0.29) is 5.82 Å². The molecule has 0 spiro atoms. The Balaban J connectivity index is 2.25.